The number of esters is 1. The highest BCUT2D eigenvalue weighted by Gasteiger charge is 2.09. The smallest absolute Gasteiger partial charge is 0.334 e. The largest absolute Gasteiger partial charge is 0.464 e. The third-order valence-electron chi connectivity index (χ3n) is 1.28. The first-order valence-corrected chi connectivity index (χ1v) is 3.88. The molecule has 0 unspecified atom stereocenters. The van der Waals surface area contributed by atoms with Gasteiger partial charge in [-0.3, -0.25) is 0 Å². The monoisotopic (exact) mass is 160 g/mol. The second kappa shape index (κ2) is 5.13. The van der Waals surface area contributed by atoms with E-state index in [4.69, 9.17) is 9.84 Å². The fraction of sp³-hybridized carbons (Fsp3) is 0.875. The lowest BCUT2D eigenvalue weighted by Crippen LogP contribution is -2.20. The van der Waals surface area contributed by atoms with Gasteiger partial charge in [0.15, 0.2) is 0 Å². The molecule has 3 heteroatoms. The molecule has 0 rings (SSSR count). The maximum atomic E-state index is 10.7. The Labute approximate surface area is 67.4 Å². The zero-order chi connectivity index (χ0) is 8.85. The second-order valence-electron chi connectivity index (χ2n) is 3.03. The SMILES string of the molecule is CC(C)CCOC(=O)[C@@H](C)O. The molecule has 0 amide bonds. The van der Waals surface area contributed by atoms with E-state index in [1.165, 1.54) is 6.92 Å². The summed E-state index contributed by atoms with van der Waals surface area (Å²) < 4.78 is 4.73. The van der Waals surface area contributed by atoms with Crippen LogP contribution in [0, 0.1) is 5.92 Å². The first-order valence-electron chi connectivity index (χ1n) is 3.88. The number of ether oxygens (including phenoxy) is 1. The molecule has 1 N–H and O–H groups in total. The number of carbonyl (C=O) groups is 1. The zero-order valence-electron chi connectivity index (χ0n) is 7.33. The third-order valence-corrected chi connectivity index (χ3v) is 1.28. The van der Waals surface area contributed by atoms with E-state index in [2.05, 4.69) is 13.8 Å². The van der Waals surface area contributed by atoms with Crippen LogP contribution in [0.3, 0.4) is 0 Å². The molecule has 0 aliphatic carbocycles. The van der Waals surface area contributed by atoms with E-state index in [1.54, 1.807) is 0 Å². The maximum Gasteiger partial charge on any atom is 0.334 e. The molecule has 0 aliphatic heterocycles. The van der Waals surface area contributed by atoms with E-state index in [0.29, 0.717) is 12.5 Å². The molecule has 0 aromatic heterocycles. The maximum absolute atomic E-state index is 10.7. The molecule has 1 atom stereocenters. The summed E-state index contributed by atoms with van der Waals surface area (Å²) in [6, 6.07) is 0. The molecule has 0 saturated carbocycles. The number of carbonyl (C=O) groups excluding carboxylic acids is 1. The average Bonchev–Trinajstić information content (AvgIpc) is 1.86. The number of aliphatic hydroxyl groups excluding tert-OH is 1. The van der Waals surface area contributed by atoms with Gasteiger partial charge in [0.25, 0.3) is 0 Å². The molecule has 0 aromatic rings. The molecule has 0 spiro atoms. The summed E-state index contributed by atoms with van der Waals surface area (Å²) in [5.74, 6) is -0.0116. The van der Waals surface area contributed by atoms with Crippen molar-refractivity contribution in [1.82, 2.24) is 0 Å². The Morgan fingerprint density at radius 2 is 2.00 bits per heavy atom. The van der Waals surface area contributed by atoms with Crippen LogP contribution >= 0.6 is 0 Å². The van der Waals surface area contributed by atoms with Crippen molar-refractivity contribution >= 4 is 5.97 Å². The molecular formula is C8H16O3. The van der Waals surface area contributed by atoms with Gasteiger partial charge in [-0.25, -0.2) is 4.79 Å². The van der Waals surface area contributed by atoms with Crippen LogP contribution in [0.2, 0.25) is 0 Å². The summed E-state index contributed by atoms with van der Waals surface area (Å²) in [7, 11) is 0. The highest BCUT2D eigenvalue weighted by Crippen LogP contribution is 1.99. The quantitative estimate of drug-likeness (QED) is 0.623. The predicted octanol–water partition coefficient (Wildman–Crippen LogP) is 0.956. The topological polar surface area (TPSA) is 46.5 Å². The van der Waals surface area contributed by atoms with Gasteiger partial charge in [-0.15, -0.1) is 0 Å². The molecule has 0 saturated heterocycles. The first-order chi connectivity index (χ1) is 5.04. The van der Waals surface area contributed by atoms with Gasteiger partial charge >= 0.3 is 5.97 Å². The van der Waals surface area contributed by atoms with Crippen molar-refractivity contribution in [2.75, 3.05) is 6.61 Å². The Morgan fingerprint density at radius 1 is 1.45 bits per heavy atom. The van der Waals surface area contributed by atoms with Crippen molar-refractivity contribution in [3.63, 3.8) is 0 Å². The number of hydrogen-bond donors (Lipinski definition) is 1. The van der Waals surface area contributed by atoms with Gasteiger partial charge in [0.05, 0.1) is 6.61 Å². The van der Waals surface area contributed by atoms with Gasteiger partial charge in [-0.1, -0.05) is 13.8 Å². The minimum atomic E-state index is -0.998. The minimum Gasteiger partial charge on any atom is -0.464 e. The van der Waals surface area contributed by atoms with Gasteiger partial charge in [-0.05, 0) is 19.3 Å². The van der Waals surface area contributed by atoms with Crippen molar-refractivity contribution in [2.45, 2.75) is 33.3 Å². The third kappa shape index (κ3) is 5.85. The number of rotatable bonds is 4. The Morgan fingerprint density at radius 3 is 2.36 bits per heavy atom. The van der Waals surface area contributed by atoms with Crippen LogP contribution in [0.15, 0.2) is 0 Å². The van der Waals surface area contributed by atoms with Crippen LogP contribution in [-0.2, 0) is 9.53 Å². The van der Waals surface area contributed by atoms with Crippen LogP contribution in [0.4, 0.5) is 0 Å². The lowest BCUT2D eigenvalue weighted by Gasteiger charge is -2.07. The van der Waals surface area contributed by atoms with E-state index in [1.807, 2.05) is 0 Å². The summed E-state index contributed by atoms with van der Waals surface area (Å²) >= 11 is 0. The van der Waals surface area contributed by atoms with E-state index in [0.717, 1.165) is 6.42 Å². The predicted molar refractivity (Wildman–Crippen MR) is 42.1 cm³/mol. The summed E-state index contributed by atoms with van der Waals surface area (Å²) in [4.78, 5) is 10.7. The molecule has 0 fully saturated rings. The minimum absolute atomic E-state index is 0.404. The summed E-state index contributed by atoms with van der Waals surface area (Å²) in [6.07, 6.45) is -0.152. The second-order valence-corrected chi connectivity index (χ2v) is 3.03. The summed E-state index contributed by atoms with van der Waals surface area (Å²) in [5.41, 5.74) is 0. The fourth-order valence-electron chi connectivity index (χ4n) is 0.516. The van der Waals surface area contributed by atoms with Crippen LogP contribution in [-0.4, -0.2) is 23.8 Å². The van der Waals surface area contributed by atoms with Crippen LogP contribution < -0.4 is 0 Å². The van der Waals surface area contributed by atoms with Crippen molar-refractivity contribution in [2.24, 2.45) is 5.92 Å². The van der Waals surface area contributed by atoms with E-state index in [9.17, 15) is 4.79 Å². The van der Waals surface area contributed by atoms with Crippen LogP contribution in [0.5, 0.6) is 0 Å². The highest BCUT2D eigenvalue weighted by atomic mass is 16.5. The molecular weight excluding hydrogens is 144 g/mol. The van der Waals surface area contributed by atoms with Crippen LogP contribution in [0.1, 0.15) is 27.2 Å². The Hall–Kier alpha value is -0.570. The Balaban J connectivity index is 3.32. The molecule has 0 aliphatic rings. The van der Waals surface area contributed by atoms with E-state index >= 15 is 0 Å². The fourth-order valence-corrected chi connectivity index (χ4v) is 0.516. The van der Waals surface area contributed by atoms with Crippen molar-refractivity contribution in [3.8, 4) is 0 Å². The molecule has 0 heterocycles. The standard InChI is InChI=1S/C8H16O3/c1-6(2)4-5-11-8(10)7(3)9/h6-7,9H,4-5H2,1-3H3/t7-/m1/s1. The lowest BCUT2D eigenvalue weighted by atomic mass is 10.1. The van der Waals surface area contributed by atoms with Gasteiger partial charge in [0, 0.05) is 0 Å². The number of aliphatic hydroxyl groups is 1. The first kappa shape index (κ1) is 10.4. The normalized spacial score (nSPS) is 13.2. The molecule has 3 nitrogen and oxygen atoms in total. The van der Waals surface area contributed by atoms with Gasteiger partial charge in [0.1, 0.15) is 6.10 Å². The van der Waals surface area contributed by atoms with E-state index < -0.39 is 12.1 Å². The van der Waals surface area contributed by atoms with Gasteiger partial charge in [-0.2, -0.15) is 0 Å². The van der Waals surface area contributed by atoms with Crippen LogP contribution in [0.25, 0.3) is 0 Å². The molecule has 0 aromatic carbocycles. The average molecular weight is 160 g/mol. The lowest BCUT2D eigenvalue weighted by molar-refractivity contribution is -0.152. The molecule has 0 bridgehead atoms. The van der Waals surface area contributed by atoms with Gasteiger partial charge in [0.2, 0.25) is 0 Å². The Kier molecular flexibility index (Phi) is 4.86. The zero-order valence-corrected chi connectivity index (χ0v) is 7.33. The van der Waals surface area contributed by atoms with Gasteiger partial charge < -0.3 is 9.84 Å². The van der Waals surface area contributed by atoms with Crippen molar-refractivity contribution in [3.05, 3.63) is 0 Å². The van der Waals surface area contributed by atoms with Crippen molar-refractivity contribution < 1.29 is 14.6 Å². The highest BCUT2D eigenvalue weighted by molar-refractivity contribution is 5.73. The van der Waals surface area contributed by atoms with E-state index in [-0.39, 0.29) is 0 Å². The molecule has 0 radical (unpaired) electrons. The summed E-state index contributed by atoms with van der Waals surface area (Å²) in [6.45, 7) is 5.91. The summed E-state index contributed by atoms with van der Waals surface area (Å²) in [5, 5.41) is 8.71. The Bertz CT molecular complexity index is 119. The molecule has 11 heavy (non-hydrogen) atoms. The van der Waals surface area contributed by atoms with Crippen molar-refractivity contribution in [1.29, 1.82) is 0 Å². The number of hydrogen-bond acceptors (Lipinski definition) is 3. The molecule has 66 valence electrons.